The SMILES string of the molecule is CCOC1CC2(C)OC1C1C3C=CC(C3)C1C2=O. The number of carbonyl (C=O) groups excluding carboxylic acids is 1. The van der Waals surface area contributed by atoms with Crippen molar-refractivity contribution >= 4 is 5.78 Å². The molecule has 0 aromatic rings. The van der Waals surface area contributed by atoms with E-state index >= 15 is 0 Å². The summed E-state index contributed by atoms with van der Waals surface area (Å²) in [6.07, 6.45) is 6.71. The van der Waals surface area contributed by atoms with Crippen LogP contribution in [0.15, 0.2) is 12.2 Å². The molecule has 18 heavy (non-hydrogen) atoms. The standard InChI is InChI=1S/C15H20O3/c1-3-17-10-7-15(2)14(16)12-9-5-4-8(6-9)11(12)13(10)18-15/h4-5,8-13H,3,6-7H2,1-2H3. The van der Waals surface area contributed by atoms with Crippen LogP contribution in [0.25, 0.3) is 0 Å². The van der Waals surface area contributed by atoms with Gasteiger partial charge < -0.3 is 9.47 Å². The van der Waals surface area contributed by atoms with Crippen molar-refractivity contribution in [2.45, 2.75) is 44.5 Å². The molecule has 4 rings (SSSR count). The van der Waals surface area contributed by atoms with Crippen LogP contribution in [-0.4, -0.2) is 30.2 Å². The fourth-order valence-corrected chi connectivity index (χ4v) is 4.81. The Bertz CT molecular complexity index is 429. The van der Waals surface area contributed by atoms with Crippen LogP contribution >= 0.6 is 0 Å². The van der Waals surface area contributed by atoms with Crippen molar-refractivity contribution in [2.24, 2.45) is 23.7 Å². The zero-order chi connectivity index (χ0) is 12.5. The highest BCUT2D eigenvalue weighted by Gasteiger charge is 2.65. The molecular weight excluding hydrogens is 228 g/mol. The molecule has 98 valence electrons. The van der Waals surface area contributed by atoms with Gasteiger partial charge in [0.15, 0.2) is 5.78 Å². The molecule has 7 atom stereocenters. The summed E-state index contributed by atoms with van der Waals surface area (Å²) in [6.45, 7) is 4.69. The Labute approximate surface area is 108 Å². The minimum Gasteiger partial charge on any atom is -0.376 e. The zero-order valence-electron chi connectivity index (χ0n) is 11.0. The molecule has 2 saturated heterocycles. The molecule has 4 bridgehead atoms. The van der Waals surface area contributed by atoms with Crippen molar-refractivity contribution in [3.8, 4) is 0 Å². The van der Waals surface area contributed by atoms with Gasteiger partial charge in [0.25, 0.3) is 0 Å². The van der Waals surface area contributed by atoms with E-state index in [4.69, 9.17) is 9.47 Å². The lowest BCUT2D eigenvalue weighted by atomic mass is 9.73. The van der Waals surface area contributed by atoms with Gasteiger partial charge in [0.1, 0.15) is 5.60 Å². The fraction of sp³-hybridized carbons (Fsp3) is 0.800. The minimum atomic E-state index is -0.579. The number of Topliss-reactive ketones (excluding diaryl/α,β-unsaturated/α-hetero) is 1. The van der Waals surface area contributed by atoms with E-state index in [1.807, 2.05) is 13.8 Å². The molecule has 0 amide bonds. The van der Waals surface area contributed by atoms with Gasteiger partial charge in [0.2, 0.25) is 0 Å². The molecule has 0 radical (unpaired) electrons. The Morgan fingerprint density at radius 1 is 1.44 bits per heavy atom. The first kappa shape index (κ1) is 11.2. The summed E-state index contributed by atoms with van der Waals surface area (Å²) in [5.41, 5.74) is -0.579. The minimum absolute atomic E-state index is 0.117. The zero-order valence-corrected chi connectivity index (χ0v) is 11.0. The molecule has 0 aromatic carbocycles. The summed E-state index contributed by atoms with van der Waals surface area (Å²) in [4.78, 5) is 12.7. The molecule has 3 nitrogen and oxygen atoms in total. The number of carbonyl (C=O) groups is 1. The quantitative estimate of drug-likeness (QED) is 0.701. The van der Waals surface area contributed by atoms with Crippen molar-refractivity contribution in [3.63, 3.8) is 0 Å². The Hall–Kier alpha value is -0.670. The molecule has 3 heteroatoms. The number of ketones is 1. The molecule has 7 unspecified atom stereocenters. The van der Waals surface area contributed by atoms with Gasteiger partial charge in [-0.2, -0.15) is 0 Å². The maximum Gasteiger partial charge on any atom is 0.168 e. The lowest BCUT2D eigenvalue weighted by Crippen LogP contribution is -2.51. The van der Waals surface area contributed by atoms with Crippen LogP contribution in [0.2, 0.25) is 0 Å². The monoisotopic (exact) mass is 248 g/mol. The van der Waals surface area contributed by atoms with E-state index in [9.17, 15) is 4.79 Å². The molecule has 0 N–H and O–H groups in total. The maximum absolute atomic E-state index is 12.7. The van der Waals surface area contributed by atoms with Crippen molar-refractivity contribution in [1.82, 2.24) is 0 Å². The van der Waals surface area contributed by atoms with E-state index in [-0.39, 0.29) is 18.1 Å². The summed E-state index contributed by atoms with van der Waals surface area (Å²) in [5.74, 6) is 1.93. The first-order chi connectivity index (χ1) is 8.64. The average Bonchev–Trinajstić information content (AvgIpc) is 2.99. The third kappa shape index (κ3) is 1.19. The predicted molar refractivity (Wildman–Crippen MR) is 66.0 cm³/mol. The van der Waals surface area contributed by atoms with E-state index in [1.165, 1.54) is 0 Å². The summed E-state index contributed by atoms with van der Waals surface area (Å²) >= 11 is 0. The van der Waals surface area contributed by atoms with E-state index in [0.717, 1.165) is 12.8 Å². The molecule has 0 aromatic heterocycles. The Balaban J connectivity index is 1.74. The third-order valence-electron chi connectivity index (χ3n) is 5.46. The smallest absolute Gasteiger partial charge is 0.168 e. The van der Waals surface area contributed by atoms with Gasteiger partial charge in [-0.25, -0.2) is 0 Å². The van der Waals surface area contributed by atoms with Crippen LogP contribution < -0.4 is 0 Å². The number of hydrogen-bond donors (Lipinski definition) is 0. The predicted octanol–water partition coefficient (Wildman–Crippen LogP) is 1.96. The lowest BCUT2D eigenvalue weighted by molar-refractivity contribution is -0.169. The second-order valence-corrected chi connectivity index (χ2v) is 6.43. The fourth-order valence-electron chi connectivity index (χ4n) is 4.81. The summed E-state index contributed by atoms with van der Waals surface area (Å²) in [5, 5.41) is 0. The second-order valence-electron chi connectivity index (χ2n) is 6.43. The van der Waals surface area contributed by atoms with Gasteiger partial charge in [-0.15, -0.1) is 0 Å². The molecule has 2 aliphatic carbocycles. The van der Waals surface area contributed by atoms with Gasteiger partial charge in [0, 0.05) is 24.9 Å². The molecule has 0 spiro atoms. The van der Waals surface area contributed by atoms with Crippen molar-refractivity contribution < 1.29 is 14.3 Å². The number of ether oxygens (including phenoxy) is 2. The van der Waals surface area contributed by atoms with Crippen LogP contribution in [0.1, 0.15) is 26.7 Å². The second kappa shape index (κ2) is 3.45. The largest absolute Gasteiger partial charge is 0.376 e. The van der Waals surface area contributed by atoms with Crippen molar-refractivity contribution in [1.29, 1.82) is 0 Å². The topological polar surface area (TPSA) is 35.5 Å². The van der Waals surface area contributed by atoms with Crippen molar-refractivity contribution in [3.05, 3.63) is 12.2 Å². The van der Waals surface area contributed by atoms with Gasteiger partial charge in [-0.1, -0.05) is 12.2 Å². The van der Waals surface area contributed by atoms with Gasteiger partial charge in [-0.3, -0.25) is 4.79 Å². The highest BCUT2D eigenvalue weighted by molar-refractivity contribution is 5.92. The molecule has 1 saturated carbocycles. The number of hydrogen-bond acceptors (Lipinski definition) is 3. The average molecular weight is 248 g/mol. The van der Waals surface area contributed by atoms with E-state index in [1.54, 1.807) is 0 Å². The molecule has 3 fully saturated rings. The highest BCUT2D eigenvalue weighted by atomic mass is 16.6. The Morgan fingerprint density at radius 2 is 2.22 bits per heavy atom. The summed E-state index contributed by atoms with van der Waals surface area (Å²) in [6, 6.07) is 0. The summed E-state index contributed by atoms with van der Waals surface area (Å²) < 4.78 is 12.0. The van der Waals surface area contributed by atoms with Crippen molar-refractivity contribution in [2.75, 3.05) is 6.61 Å². The van der Waals surface area contributed by atoms with Crippen LogP contribution in [-0.2, 0) is 14.3 Å². The van der Waals surface area contributed by atoms with Crippen LogP contribution in [0.5, 0.6) is 0 Å². The molecule has 2 aliphatic heterocycles. The van der Waals surface area contributed by atoms with Crippen LogP contribution in [0.4, 0.5) is 0 Å². The van der Waals surface area contributed by atoms with E-state index in [0.29, 0.717) is 30.1 Å². The third-order valence-corrected chi connectivity index (χ3v) is 5.46. The molecule has 2 heterocycles. The van der Waals surface area contributed by atoms with Gasteiger partial charge in [-0.05, 0) is 32.1 Å². The maximum atomic E-state index is 12.7. The summed E-state index contributed by atoms with van der Waals surface area (Å²) in [7, 11) is 0. The highest BCUT2D eigenvalue weighted by Crippen LogP contribution is 2.58. The normalized spacial score (nSPS) is 56.2. The number of rotatable bonds is 2. The van der Waals surface area contributed by atoms with Crippen LogP contribution in [0.3, 0.4) is 0 Å². The first-order valence-electron chi connectivity index (χ1n) is 7.16. The molecule has 4 aliphatic rings. The Morgan fingerprint density at radius 3 is 3.00 bits per heavy atom. The Kier molecular flexibility index (Phi) is 2.15. The van der Waals surface area contributed by atoms with Crippen LogP contribution in [0, 0.1) is 23.7 Å². The first-order valence-corrected chi connectivity index (χ1v) is 7.16. The number of fused-ring (bicyclic) bond motifs is 8. The number of allylic oxidation sites excluding steroid dienone is 2. The van der Waals surface area contributed by atoms with E-state index < -0.39 is 5.60 Å². The lowest BCUT2D eigenvalue weighted by Gasteiger charge is -2.41. The molecular formula is C15H20O3. The van der Waals surface area contributed by atoms with E-state index in [2.05, 4.69) is 12.2 Å². The van der Waals surface area contributed by atoms with Gasteiger partial charge >= 0.3 is 0 Å². The van der Waals surface area contributed by atoms with Gasteiger partial charge in [0.05, 0.1) is 12.2 Å².